The van der Waals surface area contributed by atoms with Crippen molar-refractivity contribution in [3.05, 3.63) is 0 Å². The summed E-state index contributed by atoms with van der Waals surface area (Å²) in [5, 5.41) is 20.9. The summed E-state index contributed by atoms with van der Waals surface area (Å²) < 4.78 is 10.8. The summed E-state index contributed by atoms with van der Waals surface area (Å²) in [6.07, 6.45) is 1.42. The molecule has 0 spiro atoms. The van der Waals surface area contributed by atoms with E-state index in [9.17, 15) is 18.9 Å². The number of urea groups is 1. The van der Waals surface area contributed by atoms with Crippen LogP contribution < -0.4 is 5.32 Å². The van der Waals surface area contributed by atoms with E-state index in [0.29, 0.717) is 18.7 Å². The second-order valence-corrected chi connectivity index (χ2v) is 5.81. The van der Waals surface area contributed by atoms with Crippen molar-refractivity contribution in [1.29, 1.82) is 0 Å². The molecule has 3 N–H and O–H groups in total. The van der Waals surface area contributed by atoms with Gasteiger partial charge in [-0.25, -0.2) is 9.59 Å². The molecule has 7 nitrogen and oxygen atoms in total. The van der Waals surface area contributed by atoms with Crippen molar-refractivity contribution < 1.29 is 24.0 Å². The first-order valence-electron chi connectivity index (χ1n) is 5.67. The number of carboxylic acid groups (broad SMARTS) is 1. The molecule has 2 amide bonds. The SMILES string of the molecule is CS(=O)CCCNC(=O)N1C[C@H](O)C[C@H]1C(=O)O. The number of aliphatic hydroxyl groups is 1. The van der Waals surface area contributed by atoms with Crippen molar-refractivity contribution in [3.8, 4) is 0 Å². The molecule has 8 heteroatoms. The number of hydrogen-bond acceptors (Lipinski definition) is 4. The molecule has 1 saturated heterocycles. The van der Waals surface area contributed by atoms with Gasteiger partial charge in [0.25, 0.3) is 0 Å². The van der Waals surface area contributed by atoms with Crippen molar-refractivity contribution >= 4 is 22.8 Å². The standard InChI is InChI=1S/C10H18N2O5S/c1-18(17)4-2-3-11-10(16)12-6-7(13)5-8(12)9(14)15/h7-8,13H,2-6H2,1H3,(H,11,16)(H,14,15)/t7-,8+,18?/m1/s1. The van der Waals surface area contributed by atoms with Crippen LogP contribution in [0.5, 0.6) is 0 Å². The Hall–Kier alpha value is -1.15. The van der Waals surface area contributed by atoms with Gasteiger partial charge in [-0.3, -0.25) is 4.21 Å². The summed E-state index contributed by atoms with van der Waals surface area (Å²) in [6.45, 7) is 0.375. The number of likely N-dealkylation sites (tertiary alicyclic amines) is 1. The number of amides is 2. The molecule has 18 heavy (non-hydrogen) atoms. The fourth-order valence-corrected chi connectivity index (χ4v) is 2.40. The van der Waals surface area contributed by atoms with E-state index < -0.39 is 34.9 Å². The predicted molar refractivity (Wildman–Crippen MR) is 65.7 cm³/mol. The highest BCUT2D eigenvalue weighted by atomic mass is 32.2. The Morgan fingerprint density at radius 2 is 2.17 bits per heavy atom. The van der Waals surface area contributed by atoms with Gasteiger partial charge in [0.1, 0.15) is 6.04 Å². The highest BCUT2D eigenvalue weighted by Crippen LogP contribution is 2.17. The molecule has 1 rings (SSSR count). The van der Waals surface area contributed by atoms with Crippen LogP contribution in [0.25, 0.3) is 0 Å². The Morgan fingerprint density at radius 3 is 2.72 bits per heavy atom. The summed E-state index contributed by atoms with van der Waals surface area (Å²) in [4.78, 5) is 23.7. The summed E-state index contributed by atoms with van der Waals surface area (Å²) in [7, 11) is -0.901. The maximum Gasteiger partial charge on any atom is 0.326 e. The van der Waals surface area contributed by atoms with E-state index in [1.165, 1.54) is 0 Å². The van der Waals surface area contributed by atoms with Crippen molar-refractivity contribution in [2.24, 2.45) is 0 Å². The molecule has 1 heterocycles. The van der Waals surface area contributed by atoms with Gasteiger partial charge < -0.3 is 20.4 Å². The zero-order valence-electron chi connectivity index (χ0n) is 10.2. The molecule has 0 aromatic carbocycles. The maximum absolute atomic E-state index is 11.7. The molecule has 0 radical (unpaired) electrons. The largest absolute Gasteiger partial charge is 0.480 e. The van der Waals surface area contributed by atoms with Gasteiger partial charge in [0.2, 0.25) is 0 Å². The fraction of sp³-hybridized carbons (Fsp3) is 0.800. The zero-order valence-corrected chi connectivity index (χ0v) is 11.0. The molecule has 1 aliphatic heterocycles. The van der Waals surface area contributed by atoms with Crippen LogP contribution in [-0.2, 0) is 15.6 Å². The van der Waals surface area contributed by atoms with E-state index in [4.69, 9.17) is 5.11 Å². The number of β-amino-alcohol motifs (C(OH)–C–C–N with tert-alkyl or cyclic N) is 1. The number of aliphatic hydroxyl groups excluding tert-OH is 1. The van der Waals surface area contributed by atoms with Crippen molar-refractivity contribution in [1.82, 2.24) is 10.2 Å². The number of carbonyl (C=O) groups is 2. The van der Waals surface area contributed by atoms with Crippen LogP contribution >= 0.6 is 0 Å². The van der Waals surface area contributed by atoms with Gasteiger partial charge in [0.05, 0.1) is 6.10 Å². The highest BCUT2D eigenvalue weighted by molar-refractivity contribution is 7.84. The van der Waals surface area contributed by atoms with Crippen LogP contribution in [-0.4, -0.2) is 68.6 Å². The van der Waals surface area contributed by atoms with Gasteiger partial charge in [0, 0.05) is 42.3 Å². The molecule has 1 fully saturated rings. The molecule has 0 bridgehead atoms. The summed E-state index contributed by atoms with van der Waals surface area (Å²) in [6, 6.07) is -1.47. The number of carboxylic acids is 1. The molecule has 0 aromatic heterocycles. The number of hydrogen-bond donors (Lipinski definition) is 3. The normalized spacial score (nSPS) is 24.9. The Morgan fingerprint density at radius 1 is 1.50 bits per heavy atom. The van der Waals surface area contributed by atoms with Crippen LogP contribution in [0.1, 0.15) is 12.8 Å². The Labute approximate surface area is 108 Å². The third-order valence-electron chi connectivity index (χ3n) is 2.71. The van der Waals surface area contributed by atoms with E-state index in [1.807, 2.05) is 0 Å². The molecule has 104 valence electrons. The number of rotatable bonds is 5. The Kier molecular flexibility index (Phi) is 5.54. The fourth-order valence-electron chi connectivity index (χ4n) is 1.84. The van der Waals surface area contributed by atoms with Crippen LogP contribution in [0, 0.1) is 0 Å². The second kappa shape index (κ2) is 6.69. The average molecular weight is 278 g/mol. The smallest absolute Gasteiger partial charge is 0.326 e. The van der Waals surface area contributed by atoms with Gasteiger partial charge in [-0.1, -0.05) is 0 Å². The second-order valence-electron chi connectivity index (χ2n) is 4.26. The lowest BCUT2D eigenvalue weighted by Crippen LogP contribution is -2.46. The van der Waals surface area contributed by atoms with Crippen molar-refractivity contribution in [2.45, 2.75) is 25.0 Å². The van der Waals surface area contributed by atoms with E-state index in [1.54, 1.807) is 6.26 Å². The Bertz CT molecular complexity index is 349. The van der Waals surface area contributed by atoms with Crippen molar-refractivity contribution in [2.75, 3.05) is 25.1 Å². The first kappa shape index (κ1) is 14.9. The van der Waals surface area contributed by atoms with Gasteiger partial charge in [-0.05, 0) is 6.42 Å². The van der Waals surface area contributed by atoms with Gasteiger partial charge in [-0.15, -0.1) is 0 Å². The van der Waals surface area contributed by atoms with E-state index >= 15 is 0 Å². The summed E-state index contributed by atoms with van der Waals surface area (Å²) >= 11 is 0. The minimum absolute atomic E-state index is 0.0303. The van der Waals surface area contributed by atoms with Gasteiger partial charge in [-0.2, -0.15) is 0 Å². The quantitative estimate of drug-likeness (QED) is 0.558. The van der Waals surface area contributed by atoms with Crippen LogP contribution in [0.3, 0.4) is 0 Å². The van der Waals surface area contributed by atoms with Crippen LogP contribution in [0.15, 0.2) is 0 Å². The minimum Gasteiger partial charge on any atom is -0.480 e. The molecule has 0 aliphatic carbocycles. The lowest BCUT2D eigenvalue weighted by molar-refractivity contribution is -0.141. The van der Waals surface area contributed by atoms with E-state index in [0.717, 1.165) is 4.90 Å². The number of aliphatic carboxylic acids is 1. The van der Waals surface area contributed by atoms with Crippen LogP contribution in [0.4, 0.5) is 4.79 Å². The topological polar surface area (TPSA) is 107 Å². The molecule has 1 unspecified atom stereocenters. The lowest BCUT2D eigenvalue weighted by Gasteiger charge is -2.21. The number of carbonyl (C=O) groups excluding carboxylic acids is 1. The summed E-state index contributed by atoms with van der Waals surface area (Å²) in [5.41, 5.74) is 0. The first-order valence-corrected chi connectivity index (χ1v) is 7.40. The molecular weight excluding hydrogens is 260 g/mol. The molecule has 0 saturated carbocycles. The first-order chi connectivity index (χ1) is 8.41. The number of nitrogens with one attached hydrogen (secondary N) is 1. The predicted octanol–water partition coefficient (Wildman–Crippen LogP) is -1.02. The maximum atomic E-state index is 11.7. The average Bonchev–Trinajstić information content (AvgIpc) is 2.66. The molecule has 0 aromatic rings. The molecule has 3 atom stereocenters. The van der Waals surface area contributed by atoms with Crippen molar-refractivity contribution in [3.63, 3.8) is 0 Å². The number of nitrogens with zero attached hydrogens (tertiary/aromatic N) is 1. The van der Waals surface area contributed by atoms with Crippen LogP contribution in [0.2, 0.25) is 0 Å². The third kappa shape index (κ3) is 4.26. The summed E-state index contributed by atoms with van der Waals surface area (Å²) in [5.74, 6) is -0.623. The lowest BCUT2D eigenvalue weighted by atomic mass is 10.2. The monoisotopic (exact) mass is 278 g/mol. The van der Waals surface area contributed by atoms with E-state index in [-0.39, 0.29) is 13.0 Å². The Balaban J connectivity index is 2.40. The minimum atomic E-state index is -1.11. The molecule has 1 aliphatic rings. The molecular formula is C10H18N2O5S. The zero-order chi connectivity index (χ0) is 13.7. The highest BCUT2D eigenvalue weighted by Gasteiger charge is 2.38. The van der Waals surface area contributed by atoms with Gasteiger partial charge >= 0.3 is 12.0 Å². The third-order valence-corrected chi connectivity index (χ3v) is 3.57. The van der Waals surface area contributed by atoms with E-state index in [2.05, 4.69) is 5.32 Å². The van der Waals surface area contributed by atoms with Gasteiger partial charge in [0.15, 0.2) is 0 Å².